The van der Waals surface area contributed by atoms with Gasteiger partial charge in [0.05, 0.1) is 12.2 Å². The Kier molecular flexibility index (Phi) is 5.52. The van der Waals surface area contributed by atoms with Crippen LogP contribution in [0.4, 0.5) is 11.5 Å². The molecule has 3 heterocycles. The summed E-state index contributed by atoms with van der Waals surface area (Å²) >= 11 is 0. The number of benzene rings is 1. The molecule has 32 heavy (non-hydrogen) atoms. The molecule has 2 aliphatic rings. The molecule has 3 aromatic rings. The smallest absolute Gasteiger partial charge is 0.336 e. The first-order chi connectivity index (χ1) is 15.6. The summed E-state index contributed by atoms with van der Waals surface area (Å²) in [5.74, 6) is 1.95. The first-order valence-corrected chi connectivity index (χ1v) is 11.2. The molecule has 1 fully saturated rings. The number of carboxylic acids is 1. The lowest BCUT2D eigenvalue weighted by Crippen LogP contribution is -2.17. The number of pyridine rings is 2. The molecule has 0 bridgehead atoms. The second-order valence-electron chi connectivity index (χ2n) is 8.72. The molecule has 0 spiro atoms. The lowest BCUT2D eigenvalue weighted by Gasteiger charge is -2.28. The van der Waals surface area contributed by atoms with Crippen molar-refractivity contribution >= 4 is 17.5 Å². The van der Waals surface area contributed by atoms with Crippen LogP contribution in [0.2, 0.25) is 0 Å². The van der Waals surface area contributed by atoms with Crippen LogP contribution < -0.4 is 9.64 Å². The molecule has 6 nitrogen and oxygen atoms in total. The van der Waals surface area contributed by atoms with Gasteiger partial charge in [-0.1, -0.05) is 12.1 Å². The number of hydrogen-bond acceptors (Lipinski definition) is 5. The molecule has 1 aromatic carbocycles. The van der Waals surface area contributed by atoms with E-state index in [1.807, 2.05) is 13.2 Å². The van der Waals surface area contributed by atoms with Crippen LogP contribution in [0.25, 0.3) is 0 Å². The highest BCUT2D eigenvalue weighted by molar-refractivity contribution is 5.89. The molecule has 6 heteroatoms. The van der Waals surface area contributed by atoms with Crippen molar-refractivity contribution in [1.82, 2.24) is 9.97 Å². The second-order valence-corrected chi connectivity index (χ2v) is 8.72. The lowest BCUT2D eigenvalue weighted by molar-refractivity contribution is 0.0695. The number of nitrogens with zero attached hydrogens (tertiary/aromatic N) is 3. The number of rotatable bonds is 7. The number of fused-ring (bicyclic) bond motifs is 1. The van der Waals surface area contributed by atoms with E-state index in [0.29, 0.717) is 30.4 Å². The molecule has 1 aliphatic heterocycles. The molecular weight excluding hydrogens is 402 g/mol. The van der Waals surface area contributed by atoms with E-state index in [9.17, 15) is 9.90 Å². The van der Waals surface area contributed by atoms with Gasteiger partial charge in [-0.15, -0.1) is 0 Å². The van der Waals surface area contributed by atoms with Crippen LogP contribution in [0.1, 0.15) is 64.6 Å². The Morgan fingerprint density at radius 2 is 2.03 bits per heavy atom. The molecule has 164 valence electrons. The van der Waals surface area contributed by atoms with Crippen molar-refractivity contribution in [2.24, 2.45) is 0 Å². The molecular formula is C26H27N3O3. The summed E-state index contributed by atoms with van der Waals surface area (Å²) in [5.41, 5.74) is 4.68. The third-order valence-corrected chi connectivity index (χ3v) is 6.61. The van der Waals surface area contributed by atoms with Crippen molar-refractivity contribution in [3.63, 3.8) is 0 Å². The van der Waals surface area contributed by atoms with Gasteiger partial charge in [0.2, 0.25) is 0 Å². The van der Waals surface area contributed by atoms with Crippen LogP contribution in [-0.4, -0.2) is 34.7 Å². The van der Waals surface area contributed by atoms with Crippen molar-refractivity contribution in [2.75, 3.05) is 18.6 Å². The average Bonchev–Trinajstić information content (AvgIpc) is 3.68. The van der Waals surface area contributed by atoms with E-state index in [0.717, 1.165) is 35.7 Å². The number of anilines is 2. The van der Waals surface area contributed by atoms with Gasteiger partial charge in [0, 0.05) is 37.4 Å². The number of aryl methyl sites for hydroxylation is 1. The topological polar surface area (TPSA) is 75.5 Å². The van der Waals surface area contributed by atoms with E-state index < -0.39 is 5.97 Å². The third kappa shape index (κ3) is 4.17. The normalized spacial score (nSPS) is 17.3. The summed E-state index contributed by atoms with van der Waals surface area (Å²) in [4.78, 5) is 22.3. The maximum atomic E-state index is 11.5. The van der Waals surface area contributed by atoms with E-state index in [2.05, 4.69) is 45.2 Å². The van der Waals surface area contributed by atoms with Gasteiger partial charge in [-0.05, 0) is 78.8 Å². The highest BCUT2D eigenvalue weighted by Gasteiger charge is 2.25. The van der Waals surface area contributed by atoms with Crippen molar-refractivity contribution in [3.05, 3.63) is 77.2 Å². The maximum Gasteiger partial charge on any atom is 0.336 e. The summed E-state index contributed by atoms with van der Waals surface area (Å²) < 4.78 is 6.00. The van der Waals surface area contributed by atoms with Crippen LogP contribution >= 0.6 is 0 Å². The highest BCUT2D eigenvalue weighted by Crippen LogP contribution is 2.41. The number of hydrogen-bond donors (Lipinski definition) is 1. The van der Waals surface area contributed by atoms with Gasteiger partial charge in [-0.3, -0.25) is 4.98 Å². The fraction of sp³-hybridized carbons (Fsp3) is 0.346. The largest absolute Gasteiger partial charge is 0.493 e. The first-order valence-electron chi connectivity index (χ1n) is 11.2. The summed E-state index contributed by atoms with van der Waals surface area (Å²) in [5, 5.41) is 9.42. The molecule has 1 N–H and O–H groups in total. The number of ether oxygens (including phenoxy) is 1. The Balaban J connectivity index is 1.31. The van der Waals surface area contributed by atoms with Gasteiger partial charge in [0.15, 0.2) is 0 Å². The number of carbonyl (C=O) groups is 1. The Hall–Kier alpha value is -3.41. The van der Waals surface area contributed by atoms with Gasteiger partial charge in [0.25, 0.3) is 0 Å². The van der Waals surface area contributed by atoms with Crippen LogP contribution in [0.15, 0.2) is 55.0 Å². The fourth-order valence-electron chi connectivity index (χ4n) is 4.51. The minimum Gasteiger partial charge on any atom is -0.493 e. The van der Waals surface area contributed by atoms with Crippen LogP contribution in [0, 0.1) is 0 Å². The SMILES string of the molecule is CN(c1ccc2c(c1)OCC[C@H]2CCc1cnccc1C(=O)O)c1ccc(C2CC2)cn1. The number of aromatic carboxylic acids is 1. The monoisotopic (exact) mass is 429 g/mol. The molecule has 0 amide bonds. The summed E-state index contributed by atoms with van der Waals surface area (Å²) in [7, 11) is 2.02. The zero-order valence-corrected chi connectivity index (χ0v) is 18.2. The zero-order valence-electron chi connectivity index (χ0n) is 18.2. The van der Waals surface area contributed by atoms with E-state index >= 15 is 0 Å². The Morgan fingerprint density at radius 3 is 2.78 bits per heavy atom. The summed E-state index contributed by atoms with van der Waals surface area (Å²) in [6.45, 7) is 0.665. The van der Waals surface area contributed by atoms with Gasteiger partial charge in [-0.2, -0.15) is 0 Å². The molecule has 5 rings (SSSR count). The minimum absolute atomic E-state index is 0.330. The van der Waals surface area contributed by atoms with E-state index in [4.69, 9.17) is 4.74 Å². The molecule has 0 unspecified atom stereocenters. The van der Waals surface area contributed by atoms with E-state index in [1.54, 1.807) is 12.3 Å². The average molecular weight is 430 g/mol. The second kappa shape index (κ2) is 8.61. The van der Waals surface area contributed by atoms with Gasteiger partial charge in [-0.25, -0.2) is 9.78 Å². The molecule has 1 aliphatic carbocycles. The molecule has 1 saturated carbocycles. The van der Waals surface area contributed by atoms with Gasteiger partial charge < -0.3 is 14.7 Å². The molecule has 0 saturated heterocycles. The third-order valence-electron chi connectivity index (χ3n) is 6.61. The molecule has 2 aromatic heterocycles. The quantitative estimate of drug-likeness (QED) is 0.548. The molecule has 0 radical (unpaired) electrons. The zero-order chi connectivity index (χ0) is 22.1. The summed E-state index contributed by atoms with van der Waals surface area (Å²) in [6, 6.07) is 12.2. The predicted molar refractivity (Wildman–Crippen MR) is 123 cm³/mol. The standard InChI is InChI=1S/C26H27N3O3/c1-29(25-9-6-19(16-28-25)17-2-3-17)21-7-8-22-18(11-13-32-24(22)14-21)4-5-20-15-27-12-10-23(20)26(30)31/h6-10,12,14-18H,2-5,11,13H2,1H3,(H,30,31)/t18-/m1/s1. The van der Waals surface area contributed by atoms with E-state index in [-0.39, 0.29) is 0 Å². The van der Waals surface area contributed by atoms with Gasteiger partial charge >= 0.3 is 5.97 Å². The van der Waals surface area contributed by atoms with Crippen molar-refractivity contribution in [2.45, 2.75) is 43.9 Å². The van der Waals surface area contributed by atoms with Crippen molar-refractivity contribution in [1.29, 1.82) is 0 Å². The Morgan fingerprint density at radius 1 is 1.16 bits per heavy atom. The minimum atomic E-state index is -0.902. The number of carboxylic acid groups (broad SMARTS) is 1. The number of aromatic nitrogens is 2. The lowest BCUT2D eigenvalue weighted by atomic mass is 9.87. The fourth-order valence-corrected chi connectivity index (χ4v) is 4.51. The molecule has 1 atom stereocenters. The van der Waals surface area contributed by atoms with Crippen LogP contribution in [0.5, 0.6) is 5.75 Å². The van der Waals surface area contributed by atoms with E-state index in [1.165, 1.54) is 30.2 Å². The Labute approximate surface area is 187 Å². The van der Waals surface area contributed by atoms with Crippen LogP contribution in [0.3, 0.4) is 0 Å². The van der Waals surface area contributed by atoms with Crippen molar-refractivity contribution < 1.29 is 14.6 Å². The van der Waals surface area contributed by atoms with Gasteiger partial charge in [0.1, 0.15) is 11.6 Å². The van der Waals surface area contributed by atoms with Crippen molar-refractivity contribution in [3.8, 4) is 5.75 Å². The predicted octanol–water partition coefficient (Wildman–Crippen LogP) is 5.32. The van der Waals surface area contributed by atoms with Crippen LogP contribution in [-0.2, 0) is 6.42 Å². The Bertz CT molecular complexity index is 1130. The maximum absolute atomic E-state index is 11.5. The first kappa shape index (κ1) is 20.5. The highest BCUT2D eigenvalue weighted by atomic mass is 16.5. The summed E-state index contributed by atoms with van der Waals surface area (Å²) in [6.07, 6.45) is 10.2.